The zero-order valence-corrected chi connectivity index (χ0v) is 8.00. The Morgan fingerprint density at radius 1 is 1.33 bits per heavy atom. The normalized spacial score (nSPS) is 37.5. The third-order valence-corrected chi connectivity index (χ3v) is 3.58. The van der Waals surface area contributed by atoms with Crippen LogP contribution in [0, 0.1) is 11.8 Å². The molecule has 0 bridgehead atoms. The third kappa shape index (κ3) is 1.50. The van der Waals surface area contributed by atoms with E-state index in [0.29, 0.717) is 6.04 Å². The van der Waals surface area contributed by atoms with Gasteiger partial charge in [-0.25, -0.2) is 0 Å². The second-order valence-corrected chi connectivity index (χ2v) is 4.48. The van der Waals surface area contributed by atoms with E-state index in [9.17, 15) is 0 Å². The van der Waals surface area contributed by atoms with Crippen LogP contribution in [0.4, 0.5) is 0 Å². The maximum atomic E-state index is 5.92. The minimum atomic E-state index is 0.405. The van der Waals surface area contributed by atoms with Crippen molar-refractivity contribution in [2.45, 2.75) is 32.2 Å². The Bertz CT molecular complexity index is 146. The summed E-state index contributed by atoms with van der Waals surface area (Å²) in [6.07, 6.45) is 4.07. The average Bonchev–Trinajstić information content (AvgIpc) is 2.30. The topological polar surface area (TPSA) is 29.3 Å². The third-order valence-electron chi connectivity index (χ3n) is 3.58. The summed E-state index contributed by atoms with van der Waals surface area (Å²) in [5, 5.41) is 0. The van der Waals surface area contributed by atoms with Crippen LogP contribution in [0.15, 0.2) is 0 Å². The van der Waals surface area contributed by atoms with Crippen molar-refractivity contribution >= 4 is 0 Å². The van der Waals surface area contributed by atoms with Crippen LogP contribution < -0.4 is 5.73 Å². The van der Waals surface area contributed by atoms with E-state index in [0.717, 1.165) is 24.8 Å². The molecule has 0 aromatic rings. The molecule has 1 saturated carbocycles. The van der Waals surface area contributed by atoms with Crippen molar-refractivity contribution < 1.29 is 0 Å². The first-order valence-electron chi connectivity index (χ1n) is 5.27. The molecular formula is C10H20N2. The number of hydrogen-bond donors (Lipinski definition) is 1. The lowest BCUT2D eigenvalue weighted by molar-refractivity contribution is 0.243. The molecule has 2 unspecified atom stereocenters. The Kier molecular flexibility index (Phi) is 2.37. The van der Waals surface area contributed by atoms with Gasteiger partial charge < -0.3 is 10.6 Å². The zero-order valence-electron chi connectivity index (χ0n) is 8.00. The van der Waals surface area contributed by atoms with Crippen LogP contribution in [0.2, 0.25) is 0 Å². The summed E-state index contributed by atoms with van der Waals surface area (Å²) in [4.78, 5) is 2.57. The average molecular weight is 168 g/mol. The van der Waals surface area contributed by atoms with Crippen LogP contribution in [0.3, 0.4) is 0 Å². The molecule has 1 saturated heterocycles. The molecule has 0 amide bonds. The van der Waals surface area contributed by atoms with Gasteiger partial charge in [-0.3, -0.25) is 0 Å². The Morgan fingerprint density at radius 2 is 1.92 bits per heavy atom. The molecule has 2 rings (SSSR count). The number of nitrogens with two attached hydrogens (primary N) is 1. The maximum absolute atomic E-state index is 5.92. The SMILES string of the molecule is CC[C@@H](N)CN1CC2CCC2C1. The van der Waals surface area contributed by atoms with Gasteiger partial charge in [-0.1, -0.05) is 6.92 Å². The lowest BCUT2D eigenvalue weighted by Gasteiger charge is -2.28. The van der Waals surface area contributed by atoms with Crippen LogP contribution in [0.25, 0.3) is 0 Å². The molecule has 70 valence electrons. The minimum Gasteiger partial charge on any atom is -0.327 e. The summed E-state index contributed by atoms with van der Waals surface area (Å²) >= 11 is 0. The molecule has 2 heteroatoms. The van der Waals surface area contributed by atoms with Gasteiger partial charge in [-0.2, -0.15) is 0 Å². The Hall–Kier alpha value is -0.0800. The number of fused-ring (bicyclic) bond motifs is 1. The van der Waals surface area contributed by atoms with Crippen molar-refractivity contribution in [3.8, 4) is 0 Å². The molecule has 3 atom stereocenters. The molecule has 1 aliphatic heterocycles. The van der Waals surface area contributed by atoms with Gasteiger partial charge in [0.1, 0.15) is 0 Å². The summed E-state index contributed by atoms with van der Waals surface area (Å²) in [6, 6.07) is 0.405. The van der Waals surface area contributed by atoms with Crippen LogP contribution in [-0.2, 0) is 0 Å². The molecule has 2 fully saturated rings. The molecule has 2 nitrogen and oxygen atoms in total. The van der Waals surface area contributed by atoms with Gasteiger partial charge in [-0.15, -0.1) is 0 Å². The van der Waals surface area contributed by atoms with Crippen molar-refractivity contribution in [3.63, 3.8) is 0 Å². The fourth-order valence-electron chi connectivity index (χ4n) is 2.47. The Balaban J connectivity index is 1.75. The highest BCUT2D eigenvalue weighted by Gasteiger charge is 2.38. The molecule has 2 N–H and O–H groups in total. The molecule has 0 aromatic heterocycles. The van der Waals surface area contributed by atoms with E-state index >= 15 is 0 Å². The van der Waals surface area contributed by atoms with E-state index in [2.05, 4.69) is 11.8 Å². The highest BCUT2D eigenvalue weighted by Crippen LogP contribution is 2.40. The van der Waals surface area contributed by atoms with Gasteiger partial charge in [0.2, 0.25) is 0 Å². The highest BCUT2D eigenvalue weighted by atomic mass is 15.2. The molecule has 0 aromatic carbocycles. The lowest BCUT2D eigenvalue weighted by atomic mass is 9.77. The predicted octanol–water partition coefficient (Wildman–Crippen LogP) is 1.07. The van der Waals surface area contributed by atoms with Crippen molar-refractivity contribution in [3.05, 3.63) is 0 Å². The maximum Gasteiger partial charge on any atom is 0.0165 e. The summed E-state index contributed by atoms with van der Waals surface area (Å²) < 4.78 is 0. The summed E-state index contributed by atoms with van der Waals surface area (Å²) in [5.41, 5.74) is 5.92. The lowest BCUT2D eigenvalue weighted by Crippen LogP contribution is -2.35. The van der Waals surface area contributed by atoms with Crippen molar-refractivity contribution in [2.75, 3.05) is 19.6 Å². The molecule has 0 spiro atoms. The smallest absolute Gasteiger partial charge is 0.0165 e. The standard InChI is InChI=1S/C10H20N2/c1-2-10(11)7-12-5-8-3-4-9(8)6-12/h8-10H,2-7,11H2,1H3/t8?,9?,10-/m1/s1. The second kappa shape index (κ2) is 3.35. The molecule has 1 aliphatic carbocycles. The second-order valence-electron chi connectivity index (χ2n) is 4.48. The van der Waals surface area contributed by atoms with Crippen molar-refractivity contribution in [1.29, 1.82) is 0 Å². The van der Waals surface area contributed by atoms with Gasteiger partial charge >= 0.3 is 0 Å². The van der Waals surface area contributed by atoms with E-state index in [-0.39, 0.29) is 0 Å². The molecule has 12 heavy (non-hydrogen) atoms. The van der Waals surface area contributed by atoms with Gasteiger partial charge in [0.25, 0.3) is 0 Å². The number of rotatable bonds is 3. The quantitative estimate of drug-likeness (QED) is 0.683. The first-order chi connectivity index (χ1) is 5.79. The number of nitrogens with zero attached hydrogens (tertiary/aromatic N) is 1. The van der Waals surface area contributed by atoms with Gasteiger partial charge in [0.15, 0.2) is 0 Å². The van der Waals surface area contributed by atoms with Crippen molar-refractivity contribution in [2.24, 2.45) is 17.6 Å². The van der Waals surface area contributed by atoms with E-state index in [1.807, 2.05) is 0 Å². The summed E-state index contributed by atoms with van der Waals surface area (Å²) in [7, 11) is 0. The van der Waals surface area contributed by atoms with Gasteiger partial charge in [0, 0.05) is 25.7 Å². The predicted molar refractivity (Wildman–Crippen MR) is 50.9 cm³/mol. The first kappa shape index (κ1) is 8.52. The minimum absolute atomic E-state index is 0.405. The number of hydrogen-bond acceptors (Lipinski definition) is 2. The molecule has 1 heterocycles. The van der Waals surface area contributed by atoms with E-state index in [1.54, 1.807) is 0 Å². The first-order valence-corrected chi connectivity index (χ1v) is 5.27. The van der Waals surface area contributed by atoms with Crippen LogP contribution >= 0.6 is 0 Å². The van der Waals surface area contributed by atoms with Gasteiger partial charge in [-0.05, 0) is 31.1 Å². The van der Waals surface area contributed by atoms with Crippen molar-refractivity contribution in [1.82, 2.24) is 4.90 Å². The van der Waals surface area contributed by atoms with Gasteiger partial charge in [0.05, 0.1) is 0 Å². The Labute approximate surface area is 75.1 Å². The van der Waals surface area contributed by atoms with Crippen LogP contribution in [-0.4, -0.2) is 30.6 Å². The molecule has 2 aliphatic rings. The van der Waals surface area contributed by atoms with E-state index in [4.69, 9.17) is 5.73 Å². The number of likely N-dealkylation sites (tertiary alicyclic amines) is 1. The fraction of sp³-hybridized carbons (Fsp3) is 1.00. The van der Waals surface area contributed by atoms with Crippen LogP contribution in [0.1, 0.15) is 26.2 Å². The Morgan fingerprint density at radius 3 is 2.33 bits per heavy atom. The molecular weight excluding hydrogens is 148 g/mol. The van der Waals surface area contributed by atoms with E-state index < -0.39 is 0 Å². The monoisotopic (exact) mass is 168 g/mol. The zero-order chi connectivity index (χ0) is 8.55. The van der Waals surface area contributed by atoms with E-state index in [1.165, 1.54) is 25.9 Å². The summed E-state index contributed by atoms with van der Waals surface area (Å²) in [6.45, 7) is 5.97. The summed E-state index contributed by atoms with van der Waals surface area (Å²) in [5.74, 6) is 2.07. The fourth-order valence-corrected chi connectivity index (χ4v) is 2.47. The van der Waals surface area contributed by atoms with Crippen LogP contribution in [0.5, 0.6) is 0 Å². The molecule has 0 radical (unpaired) electrons. The highest BCUT2D eigenvalue weighted by molar-refractivity contribution is 4.92. The largest absolute Gasteiger partial charge is 0.327 e.